The number of aromatic nitrogens is 1. The fourth-order valence-corrected chi connectivity index (χ4v) is 4.63. The number of hydrogen-bond donors (Lipinski definition) is 1. The van der Waals surface area contributed by atoms with Crippen molar-refractivity contribution >= 4 is 40.0 Å². The number of nitrogens with one attached hydrogen (secondary N) is 1. The number of H-pyrrole nitrogens is 1. The molecule has 0 fully saturated rings. The predicted octanol–water partition coefficient (Wildman–Crippen LogP) is 4.46. The van der Waals surface area contributed by atoms with Crippen LogP contribution in [-0.2, 0) is 11.3 Å². The fourth-order valence-electron chi connectivity index (χ4n) is 4.40. The third-order valence-corrected chi connectivity index (χ3v) is 6.56. The van der Waals surface area contributed by atoms with Crippen LogP contribution in [0.15, 0.2) is 42.5 Å². The van der Waals surface area contributed by atoms with Crippen LogP contribution >= 0.6 is 11.6 Å². The Morgan fingerprint density at radius 3 is 2.53 bits per heavy atom. The van der Waals surface area contributed by atoms with Gasteiger partial charge >= 0.3 is 0 Å². The minimum absolute atomic E-state index is 0.0123. The normalized spacial score (nSPS) is 16.0. The number of halogens is 1. The first-order valence-corrected chi connectivity index (χ1v) is 11.3. The molecule has 0 unspecified atom stereocenters. The van der Waals surface area contributed by atoms with E-state index in [2.05, 4.69) is 16.9 Å². The Morgan fingerprint density at radius 2 is 1.78 bits per heavy atom. The number of nitrogens with zero attached hydrogens (tertiary/aromatic N) is 3. The highest BCUT2D eigenvalue weighted by Gasteiger charge is 2.25. The number of benzene rings is 2. The topological polar surface area (TPSA) is 59.7 Å². The second kappa shape index (κ2) is 9.35. The molecule has 0 saturated carbocycles. The standard InChI is InChI=1S/C25H29ClN4O2/c1-17-20-9-6-10-21(26)24(20)27-23(17)25(32)29-15-14-28(3)12-7-13-30(18(2)31)22-11-5-4-8-19(22)16-29/h4-6,8-11,27H,7,12-16H2,1-3H3. The summed E-state index contributed by atoms with van der Waals surface area (Å²) in [4.78, 5) is 35.3. The van der Waals surface area contributed by atoms with Crippen LogP contribution in [0.4, 0.5) is 5.69 Å². The molecule has 0 radical (unpaired) electrons. The number of aryl methyl sites for hydroxylation is 1. The highest BCUT2D eigenvalue weighted by Crippen LogP contribution is 2.29. The Bertz CT molecular complexity index is 1160. The van der Waals surface area contributed by atoms with E-state index in [1.54, 1.807) is 6.92 Å². The van der Waals surface area contributed by atoms with Crippen molar-refractivity contribution in [2.45, 2.75) is 26.8 Å². The number of anilines is 1. The Hall–Kier alpha value is -2.83. The molecule has 2 heterocycles. The van der Waals surface area contributed by atoms with E-state index in [1.165, 1.54) is 0 Å². The second-order valence-corrected chi connectivity index (χ2v) is 8.88. The number of carbonyl (C=O) groups excluding carboxylic acids is 2. The largest absolute Gasteiger partial charge is 0.349 e. The molecule has 32 heavy (non-hydrogen) atoms. The van der Waals surface area contributed by atoms with Crippen molar-refractivity contribution < 1.29 is 9.59 Å². The van der Waals surface area contributed by atoms with E-state index in [4.69, 9.17) is 11.6 Å². The van der Waals surface area contributed by atoms with Crippen LogP contribution in [0.1, 0.15) is 35.0 Å². The van der Waals surface area contributed by atoms with Gasteiger partial charge in [0.05, 0.1) is 10.5 Å². The van der Waals surface area contributed by atoms with Crippen LogP contribution in [0, 0.1) is 6.92 Å². The Morgan fingerprint density at radius 1 is 1.00 bits per heavy atom. The van der Waals surface area contributed by atoms with Gasteiger partial charge in [-0.1, -0.05) is 41.9 Å². The van der Waals surface area contributed by atoms with Crippen molar-refractivity contribution in [1.29, 1.82) is 0 Å². The van der Waals surface area contributed by atoms with Crippen LogP contribution in [-0.4, -0.2) is 59.8 Å². The number of amides is 2. The summed E-state index contributed by atoms with van der Waals surface area (Å²) in [5, 5.41) is 1.56. The molecule has 0 bridgehead atoms. The van der Waals surface area contributed by atoms with Gasteiger partial charge in [-0.25, -0.2) is 0 Å². The van der Waals surface area contributed by atoms with Crippen LogP contribution in [0.3, 0.4) is 0 Å². The van der Waals surface area contributed by atoms with E-state index in [-0.39, 0.29) is 11.8 Å². The summed E-state index contributed by atoms with van der Waals surface area (Å²) in [5.74, 6) is -0.0510. The van der Waals surface area contributed by atoms with Crippen molar-refractivity contribution in [3.8, 4) is 0 Å². The molecular weight excluding hydrogens is 424 g/mol. The van der Waals surface area contributed by atoms with E-state index in [1.807, 2.05) is 59.2 Å². The molecule has 0 atom stereocenters. The highest BCUT2D eigenvalue weighted by molar-refractivity contribution is 6.35. The van der Waals surface area contributed by atoms with Gasteiger partial charge < -0.3 is 19.7 Å². The number of hydrogen-bond acceptors (Lipinski definition) is 3. The smallest absolute Gasteiger partial charge is 0.270 e. The molecule has 1 aromatic heterocycles. The molecule has 1 N–H and O–H groups in total. The number of rotatable bonds is 1. The molecule has 1 aliphatic rings. The van der Waals surface area contributed by atoms with E-state index in [0.717, 1.165) is 47.2 Å². The number of carbonyl (C=O) groups is 2. The van der Waals surface area contributed by atoms with Crippen molar-refractivity contribution in [3.05, 3.63) is 64.3 Å². The van der Waals surface area contributed by atoms with Crippen LogP contribution in [0.5, 0.6) is 0 Å². The Labute approximate surface area is 193 Å². The van der Waals surface area contributed by atoms with Gasteiger partial charge in [0.15, 0.2) is 0 Å². The third kappa shape index (κ3) is 4.38. The van der Waals surface area contributed by atoms with Crippen molar-refractivity contribution in [3.63, 3.8) is 0 Å². The summed E-state index contributed by atoms with van der Waals surface area (Å²) in [6.07, 6.45) is 0.873. The quantitative estimate of drug-likeness (QED) is 0.593. The number of aromatic amines is 1. The molecule has 1 aliphatic heterocycles. The summed E-state index contributed by atoms with van der Waals surface area (Å²) >= 11 is 6.37. The molecule has 2 amide bonds. The van der Waals surface area contributed by atoms with Crippen LogP contribution < -0.4 is 4.90 Å². The average molecular weight is 453 g/mol. The number of likely N-dealkylation sites (N-methyl/N-ethyl adjacent to an activating group) is 1. The van der Waals surface area contributed by atoms with Gasteiger partial charge in [0.1, 0.15) is 5.69 Å². The van der Waals surface area contributed by atoms with Crippen molar-refractivity contribution in [2.24, 2.45) is 0 Å². The second-order valence-electron chi connectivity index (χ2n) is 8.47. The molecule has 0 aliphatic carbocycles. The van der Waals surface area contributed by atoms with Gasteiger partial charge in [0, 0.05) is 44.2 Å². The first-order valence-electron chi connectivity index (χ1n) is 11.0. The number of para-hydroxylation sites is 2. The van der Waals surface area contributed by atoms with Gasteiger partial charge in [-0.3, -0.25) is 9.59 Å². The number of fused-ring (bicyclic) bond motifs is 2. The lowest BCUT2D eigenvalue weighted by Crippen LogP contribution is -2.37. The monoisotopic (exact) mass is 452 g/mol. The van der Waals surface area contributed by atoms with Gasteiger partial charge in [-0.05, 0) is 50.2 Å². The Balaban J connectivity index is 1.74. The summed E-state index contributed by atoms with van der Waals surface area (Å²) in [6, 6.07) is 13.6. The summed E-state index contributed by atoms with van der Waals surface area (Å²) < 4.78 is 0. The van der Waals surface area contributed by atoms with Gasteiger partial charge in [-0.15, -0.1) is 0 Å². The summed E-state index contributed by atoms with van der Waals surface area (Å²) in [6.45, 7) is 6.83. The lowest BCUT2D eigenvalue weighted by molar-refractivity contribution is -0.116. The highest BCUT2D eigenvalue weighted by atomic mass is 35.5. The van der Waals surface area contributed by atoms with Crippen molar-refractivity contribution in [2.75, 3.05) is 38.1 Å². The predicted molar refractivity (Wildman–Crippen MR) is 129 cm³/mol. The zero-order valence-electron chi connectivity index (χ0n) is 18.8. The molecule has 0 spiro atoms. The molecule has 4 rings (SSSR count). The van der Waals surface area contributed by atoms with Crippen LogP contribution in [0.25, 0.3) is 10.9 Å². The minimum atomic E-state index is -0.0633. The van der Waals surface area contributed by atoms with Gasteiger partial charge in [0.2, 0.25) is 5.91 Å². The fraction of sp³-hybridized carbons (Fsp3) is 0.360. The maximum absolute atomic E-state index is 13.7. The Kier molecular flexibility index (Phi) is 6.53. The van der Waals surface area contributed by atoms with Gasteiger partial charge in [0.25, 0.3) is 5.91 Å². The van der Waals surface area contributed by atoms with E-state index < -0.39 is 0 Å². The summed E-state index contributed by atoms with van der Waals surface area (Å²) in [7, 11) is 2.06. The van der Waals surface area contributed by atoms with E-state index in [0.29, 0.717) is 30.4 Å². The molecular formula is C25H29ClN4O2. The maximum atomic E-state index is 13.7. The van der Waals surface area contributed by atoms with Gasteiger partial charge in [-0.2, -0.15) is 0 Å². The molecule has 7 heteroatoms. The van der Waals surface area contributed by atoms with E-state index >= 15 is 0 Å². The molecule has 6 nitrogen and oxygen atoms in total. The molecule has 0 saturated heterocycles. The van der Waals surface area contributed by atoms with E-state index in [9.17, 15) is 9.59 Å². The zero-order chi connectivity index (χ0) is 22.8. The van der Waals surface area contributed by atoms with Crippen LogP contribution in [0.2, 0.25) is 5.02 Å². The summed E-state index contributed by atoms with van der Waals surface area (Å²) in [5.41, 5.74) is 4.08. The first kappa shape index (κ1) is 22.4. The third-order valence-electron chi connectivity index (χ3n) is 6.24. The minimum Gasteiger partial charge on any atom is -0.349 e. The van der Waals surface area contributed by atoms with Crippen molar-refractivity contribution in [1.82, 2.24) is 14.8 Å². The molecule has 3 aromatic rings. The first-order chi connectivity index (χ1) is 15.4. The molecule has 168 valence electrons. The lowest BCUT2D eigenvalue weighted by Gasteiger charge is -2.27. The SMILES string of the molecule is CC(=O)N1CCCN(C)CCN(C(=O)c2[nH]c3c(Cl)cccc3c2C)Cc2ccccc21. The maximum Gasteiger partial charge on any atom is 0.270 e. The zero-order valence-corrected chi connectivity index (χ0v) is 19.6. The average Bonchev–Trinajstić information content (AvgIpc) is 3.10. The lowest BCUT2D eigenvalue weighted by atomic mass is 10.1. The molecule has 2 aromatic carbocycles.